The summed E-state index contributed by atoms with van der Waals surface area (Å²) in [6.07, 6.45) is 1.38. The molecule has 1 N–H and O–H groups in total. The topological polar surface area (TPSA) is 46.3 Å². The van der Waals surface area contributed by atoms with Gasteiger partial charge in [0.05, 0.1) is 6.20 Å². The summed E-state index contributed by atoms with van der Waals surface area (Å²) in [4.78, 5) is 3.90. The summed E-state index contributed by atoms with van der Waals surface area (Å²) < 4.78 is 32.6. The first-order valence-corrected chi connectivity index (χ1v) is 5.85. The van der Waals surface area contributed by atoms with Crippen LogP contribution >= 0.6 is 0 Å². The number of rotatable bonds is 2. The number of phenolic OH excluding ortho intramolecular Hbond substituents is 1. The Hall–Kier alpha value is -2.69. The van der Waals surface area contributed by atoms with Gasteiger partial charge in [-0.05, 0) is 36.4 Å². The Morgan fingerprint density at radius 3 is 2.25 bits per heavy atom. The second-order valence-corrected chi connectivity index (χ2v) is 4.17. The van der Waals surface area contributed by atoms with Crippen molar-refractivity contribution in [1.29, 1.82) is 0 Å². The summed E-state index contributed by atoms with van der Waals surface area (Å²) in [7, 11) is 0. The van der Waals surface area contributed by atoms with Gasteiger partial charge in [0.2, 0.25) is 5.89 Å². The van der Waals surface area contributed by atoms with Crippen molar-refractivity contribution in [3.05, 3.63) is 60.3 Å². The smallest absolute Gasteiger partial charge is 0.232 e. The molecule has 0 bridgehead atoms. The second-order valence-electron chi connectivity index (χ2n) is 4.17. The normalized spacial score (nSPS) is 10.7. The van der Waals surface area contributed by atoms with Crippen LogP contribution in [0.3, 0.4) is 0 Å². The number of hydrogen-bond donors (Lipinski definition) is 1. The number of aromatic nitrogens is 1. The number of aromatic hydroxyl groups is 1. The third-order valence-corrected chi connectivity index (χ3v) is 2.83. The summed E-state index contributed by atoms with van der Waals surface area (Å²) in [6.45, 7) is 0. The zero-order valence-electron chi connectivity index (χ0n) is 10.2. The molecule has 0 atom stereocenters. The molecule has 0 spiro atoms. The molecule has 20 heavy (non-hydrogen) atoms. The van der Waals surface area contributed by atoms with E-state index in [0.717, 1.165) is 12.1 Å². The van der Waals surface area contributed by atoms with E-state index < -0.39 is 11.6 Å². The van der Waals surface area contributed by atoms with Gasteiger partial charge in [0, 0.05) is 5.56 Å². The zero-order chi connectivity index (χ0) is 14.1. The molecule has 0 aliphatic rings. The molecule has 3 nitrogen and oxygen atoms in total. The van der Waals surface area contributed by atoms with Crippen LogP contribution in [0.5, 0.6) is 5.75 Å². The molecular weight excluding hydrogens is 264 g/mol. The van der Waals surface area contributed by atoms with Crippen molar-refractivity contribution in [2.45, 2.75) is 0 Å². The first kappa shape index (κ1) is 12.3. The van der Waals surface area contributed by atoms with Gasteiger partial charge < -0.3 is 9.52 Å². The van der Waals surface area contributed by atoms with Gasteiger partial charge >= 0.3 is 0 Å². The van der Waals surface area contributed by atoms with Gasteiger partial charge in [0.15, 0.2) is 5.76 Å². The zero-order valence-corrected chi connectivity index (χ0v) is 10.2. The van der Waals surface area contributed by atoms with E-state index in [0.29, 0.717) is 11.3 Å². The maximum absolute atomic E-state index is 13.6. The van der Waals surface area contributed by atoms with Crippen LogP contribution in [-0.4, -0.2) is 10.1 Å². The highest BCUT2D eigenvalue weighted by atomic mass is 19.1. The maximum atomic E-state index is 13.6. The van der Waals surface area contributed by atoms with Crippen molar-refractivity contribution in [2.75, 3.05) is 0 Å². The lowest BCUT2D eigenvalue weighted by molar-refractivity contribution is 0.475. The molecule has 0 aliphatic heterocycles. The van der Waals surface area contributed by atoms with Crippen LogP contribution in [0.2, 0.25) is 0 Å². The molecular formula is C15H9F2NO2. The summed E-state index contributed by atoms with van der Waals surface area (Å²) in [5.41, 5.74) is 0.357. The van der Waals surface area contributed by atoms with E-state index in [-0.39, 0.29) is 17.2 Å². The molecule has 3 aromatic rings. The molecule has 2 aromatic carbocycles. The van der Waals surface area contributed by atoms with E-state index in [1.54, 1.807) is 12.1 Å². The van der Waals surface area contributed by atoms with Gasteiger partial charge in [0.25, 0.3) is 0 Å². The lowest BCUT2D eigenvalue weighted by Gasteiger charge is -2.00. The van der Waals surface area contributed by atoms with Gasteiger partial charge in [-0.2, -0.15) is 0 Å². The van der Waals surface area contributed by atoms with Crippen LogP contribution < -0.4 is 0 Å². The number of oxazole rings is 1. The molecule has 100 valence electrons. The molecule has 1 heterocycles. The molecule has 0 saturated heterocycles. The van der Waals surface area contributed by atoms with Crippen LogP contribution in [0.1, 0.15) is 0 Å². The Morgan fingerprint density at radius 1 is 0.950 bits per heavy atom. The molecule has 1 aromatic heterocycles. The molecule has 0 fully saturated rings. The molecule has 0 amide bonds. The van der Waals surface area contributed by atoms with Crippen molar-refractivity contribution in [1.82, 2.24) is 4.98 Å². The van der Waals surface area contributed by atoms with Crippen LogP contribution in [-0.2, 0) is 0 Å². The quantitative estimate of drug-likeness (QED) is 0.767. The minimum atomic E-state index is -0.732. The lowest BCUT2D eigenvalue weighted by atomic mass is 10.2. The third kappa shape index (κ3) is 2.14. The monoisotopic (exact) mass is 273 g/mol. The first-order valence-electron chi connectivity index (χ1n) is 5.85. The van der Waals surface area contributed by atoms with Crippen LogP contribution in [0.25, 0.3) is 22.8 Å². The largest absolute Gasteiger partial charge is 0.508 e. The second kappa shape index (κ2) is 4.77. The average Bonchev–Trinajstić information content (AvgIpc) is 2.89. The van der Waals surface area contributed by atoms with Gasteiger partial charge in [0.1, 0.15) is 22.9 Å². The van der Waals surface area contributed by atoms with E-state index in [2.05, 4.69) is 4.98 Å². The van der Waals surface area contributed by atoms with Gasteiger partial charge in [-0.1, -0.05) is 6.07 Å². The number of halogens is 2. The number of hydrogen-bond acceptors (Lipinski definition) is 3. The van der Waals surface area contributed by atoms with Crippen LogP contribution in [0.4, 0.5) is 8.78 Å². The summed E-state index contributed by atoms with van der Waals surface area (Å²) >= 11 is 0. The SMILES string of the molecule is Oc1ccc(-c2cnc(-c3c(F)cccc3F)o2)cc1. The highest BCUT2D eigenvalue weighted by Crippen LogP contribution is 2.29. The van der Waals surface area contributed by atoms with E-state index in [4.69, 9.17) is 4.42 Å². The molecule has 0 unspecified atom stereocenters. The summed E-state index contributed by atoms with van der Waals surface area (Å²) in [5, 5.41) is 9.21. The minimum absolute atomic E-state index is 0.119. The predicted octanol–water partition coefficient (Wildman–Crippen LogP) is 3.99. The Labute approximate surface area is 113 Å². The van der Waals surface area contributed by atoms with Crippen LogP contribution in [0.15, 0.2) is 53.1 Å². The van der Waals surface area contributed by atoms with Gasteiger partial charge in [-0.25, -0.2) is 13.8 Å². The highest BCUT2D eigenvalue weighted by Gasteiger charge is 2.16. The fraction of sp³-hybridized carbons (Fsp3) is 0. The van der Waals surface area contributed by atoms with Crippen molar-refractivity contribution >= 4 is 0 Å². The molecule has 5 heteroatoms. The fourth-order valence-electron chi connectivity index (χ4n) is 1.85. The lowest BCUT2D eigenvalue weighted by Crippen LogP contribution is -1.88. The number of benzene rings is 2. The number of phenols is 1. The standard InChI is InChI=1S/C15H9F2NO2/c16-11-2-1-3-12(17)14(11)15-18-8-13(20-15)9-4-6-10(19)7-5-9/h1-8,19H. The Bertz CT molecular complexity index is 731. The molecule has 0 aliphatic carbocycles. The van der Waals surface area contributed by atoms with Crippen LogP contribution in [0, 0.1) is 11.6 Å². The molecule has 0 radical (unpaired) electrons. The average molecular weight is 273 g/mol. The van der Waals surface area contributed by atoms with Crippen molar-refractivity contribution < 1.29 is 18.3 Å². The van der Waals surface area contributed by atoms with Crippen molar-refractivity contribution in [3.8, 4) is 28.5 Å². The van der Waals surface area contributed by atoms with Crippen molar-refractivity contribution in [3.63, 3.8) is 0 Å². The Kier molecular flexibility index (Phi) is 2.95. The fourth-order valence-corrected chi connectivity index (χ4v) is 1.85. The highest BCUT2D eigenvalue weighted by molar-refractivity contribution is 5.62. The molecule has 3 rings (SSSR count). The van der Waals surface area contributed by atoms with E-state index in [9.17, 15) is 13.9 Å². The number of nitrogens with zero attached hydrogens (tertiary/aromatic N) is 1. The van der Waals surface area contributed by atoms with Crippen molar-refractivity contribution in [2.24, 2.45) is 0 Å². The summed E-state index contributed by atoms with van der Waals surface area (Å²) in [5.74, 6) is -1.10. The Balaban J connectivity index is 2.04. The van der Waals surface area contributed by atoms with E-state index in [1.165, 1.54) is 24.4 Å². The Morgan fingerprint density at radius 2 is 1.60 bits per heavy atom. The third-order valence-electron chi connectivity index (χ3n) is 2.83. The van der Waals surface area contributed by atoms with E-state index >= 15 is 0 Å². The first-order chi connectivity index (χ1) is 9.65. The van der Waals surface area contributed by atoms with Gasteiger partial charge in [-0.15, -0.1) is 0 Å². The minimum Gasteiger partial charge on any atom is -0.508 e. The van der Waals surface area contributed by atoms with E-state index in [1.807, 2.05) is 0 Å². The van der Waals surface area contributed by atoms with Gasteiger partial charge in [-0.3, -0.25) is 0 Å². The maximum Gasteiger partial charge on any atom is 0.232 e. The summed E-state index contributed by atoms with van der Waals surface area (Å²) in [6, 6.07) is 9.78. The molecule has 0 saturated carbocycles. The predicted molar refractivity (Wildman–Crippen MR) is 69.0 cm³/mol.